The van der Waals surface area contributed by atoms with Gasteiger partial charge in [-0.25, -0.2) is 4.79 Å². The van der Waals surface area contributed by atoms with E-state index in [9.17, 15) is 14.4 Å². The molecule has 1 saturated heterocycles. The lowest BCUT2D eigenvalue weighted by Crippen LogP contribution is -2.55. The van der Waals surface area contributed by atoms with Crippen LogP contribution in [0.1, 0.15) is 44.2 Å². The van der Waals surface area contributed by atoms with Gasteiger partial charge in [0.1, 0.15) is 6.04 Å². The number of carbonyl (C=O) groups excluding carboxylic acids is 3. The molecule has 2 aliphatic heterocycles. The molecule has 38 heavy (non-hydrogen) atoms. The maximum Gasteiger partial charge on any atom is 0.315 e. The summed E-state index contributed by atoms with van der Waals surface area (Å²) in [6.45, 7) is 6.31. The Balaban J connectivity index is 1.40. The van der Waals surface area contributed by atoms with Gasteiger partial charge in [-0.15, -0.1) is 0 Å². The molecule has 8 heteroatoms. The topological polar surface area (TPSA) is 85.0 Å². The van der Waals surface area contributed by atoms with Gasteiger partial charge in [0.2, 0.25) is 11.8 Å². The molecule has 204 valence electrons. The second-order valence-corrected chi connectivity index (χ2v) is 11.2. The van der Waals surface area contributed by atoms with Gasteiger partial charge < -0.3 is 25.3 Å². The van der Waals surface area contributed by atoms with Crippen LogP contribution in [-0.2, 0) is 21.4 Å². The Labute approximate surface area is 226 Å². The molecule has 0 radical (unpaired) electrons. The monoisotopic (exact) mass is 519 g/mol. The van der Waals surface area contributed by atoms with Gasteiger partial charge in [0.15, 0.2) is 0 Å². The number of para-hydroxylation sites is 1. The minimum Gasteiger partial charge on any atom is -0.341 e. The molecule has 0 saturated carbocycles. The Kier molecular flexibility index (Phi) is 8.72. The van der Waals surface area contributed by atoms with Crippen LogP contribution in [0.2, 0.25) is 0 Å². The lowest BCUT2D eigenvalue weighted by molar-refractivity contribution is -0.134. The van der Waals surface area contributed by atoms with E-state index in [2.05, 4.69) is 10.6 Å². The number of rotatable bonds is 9. The molecule has 0 aromatic heterocycles. The molecule has 4 amide bonds. The van der Waals surface area contributed by atoms with Crippen LogP contribution in [0, 0.1) is 0 Å². The van der Waals surface area contributed by atoms with E-state index >= 15 is 0 Å². The van der Waals surface area contributed by atoms with E-state index in [0.717, 1.165) is 23.4 Å². The second kappa shape index (κ2) is 12.0. The quantitative estimate of drug-likeness (QED) is 0.533. The fraction of sp³-hybridized carbons (Fsp3) is 0.500. The predicted molar refractivity (Wildman–Crippen MR) is 150 cm³/mol. The van der Waals surface area contributed by atoms with Gasteiger partial charge in [-0.2, -0.15) is 0 Å². The number of likely N-dealkylation sites (tertiary alicyclic amines) is 1. The van der Waals surface area contributed by atoms with Gasteiger partial charge >= 0.3 is 6.03 Å². The van der Waals surface area contributed by atoms with Crippen LogP contribution in [-0.4, -0.2) is 80.0 Å². The SMILES string of the molecule is CN(C)CCNC(=O)NC(CCc1ccccc1)C(=O)N1CCC(N2C(=O)C(C)(C)c3ccccc32)CC1. The van der Waals surface area contributed by atoms with Crippen LogP contribution in [0.15, 0.2) is 54.6 Å². The third-order valence-electron chi connectivity index (χ3n) is 7.74. The Morgan fingerprint density at radius 1 is 1.03 bits per heavy atom. The Hall–Kier alpha value is -3.39. The summed E-state index contributed by atoms with van der Waals surface area (Å²) >= 11 is 0. The number of fused-ring (bicyclic) bond motifs is 1. The van der Waals surface area contributed by atoms with Crippen molar-refractivity contribution in [2.45, 2.75) is 57.0 Å². The second-order valence-electron chi connectivity index (χ2n) is 11.2. The average Bonchev–Trinajstić information content (AvgIpc) is 3.11. The third kappa shape index (κ3) is 6.18. The molecule has 8 nitrogen and oxygen atoms in total. The zero-order chi connectivity index (χ0) is 27.3. The number of nitrogens with zero attached hydrogens (tertiary/aromatic N) is 3. The van der Waals surface area contributed by atoms with Crippen LogP contribution < -0.4 is 15.5 Å². The van der Waals surface area contributed by atoms with Gasteiger partial charge in [0.25, 0.3) is 0 Å². The number of carbonyl (C=O) groups is 3. The summed E-state index contributed by atoms with van der Waals surface area (Å²) in [5.74, 6) is 0.0656. The van der Waals surface area contributed by atoms with Crippen molar-refractivity contribution in [3.8, 4) is 0 Å². The molecule has 1 unspecified atom stereocenters. The molecular weight excluding hydrogens is 478 g/mol. The van der Waals surface area contributed by atoms with Crippen LogP contribution >= 0.6 is 0 Å². The van der Waals surface area contributed by atoms with E-state index < -0.39 is 11.5 Å². The van der Waals surface area contributed by atoms with E-state index in [1.54, 1.807) is 0 Å². The highest BCUT2D eigenvalue weighted by Crippen LogP contribution is 2.43. The minimum absolute atomic E-state index is 0.0551. The number of likely N-dealkylation sites (N-methyl/N-ethyl adjacent to an activating group) is 1. The Morgan fingerprint density at radius 3 is 2.37 bits per heavy atom. The highest BCUT2D eigenvalue weighted by molar-refractivity contribution is 6.08. The molecule has 2 aromatic rings. The van der Waals surface area contributed by atoms with Crippen molar-refractivity contribution in [2.24, 2.45) is 0 Å². The van der Waals surface area contributed by atoms with Crippen molar-refractivity contribution in [3.05, 3.63) is 65.7 Å². The Bertz CT molecular complexity index is 1130. The largest absolute Gasteiger partial charge is 0.341 e. The summed E-state index contributed by atoms with van der Waals surface area (Å²) in [6.07, 6.45) is 2.64. The lowest BCUT2D eigenvalue weighted by Gasteiger charge is -2.38. The lowest BCUT2D eigenvalue weighted by atomic mass is 9.86. The molecule has 0 bridgehead atoms. The van der Waals surface area contributed by atoms with Crippen LogP contribution in [0.25, 0.3) is 0 Å². The maximum atomic E-state index is 13.6. The van der Waals surface area contributed by atoms with Gasteiger partial charge in [0.05, 0.1) is 5.41 Å². The van der Waals surface area contributed by atoms with Crippen molar-refractivity contribution in [1.29, 1.82) is 0 Å². The highest BCUT2D eigenvalue weighted by Gasteiger charge is 2.46. The normalized spacial score (nSPS) is 17.9. The van der Waals surface area contributed by atoms with E-state index in [4.69, 9.17) is 0 Å². The van der Waals surface area contributed by atoms with E-state index in [-0.39, 0.29) is 23.9 Å². The van der Waals surface area contributed by atoms with E-state index in [1.807, 2.05) is 97.2 Å². The first-order chi connectivity index (χ1) is 18.2. The third-order valence-corrected chi connectivity index (χ3v) is 7.74. The van der Waals surface area contributed by atoms with Gasteiger partial charge in [0, 0.05) is 37.9 Å². The van der Waals surface area contributed by atoms with Crippen molar-refractivity contribution in [1.82, 2.24) is 20.4 Å². The number of amides is 4. The number of anilines is 1. The molecule has 2 N–H and O–H groups in total. The smallest absolute Gasteiger partial charge is 0.315 e. The number of hydrogen-bond donors (Lipinski definition) is 2. The molecule has 4 rings (SSSR count). The highest BCUT2D eigenvalue weighted by atomic mass is 16.2. The molecular formula is C30H41N5O3. The molecule has 2 heterocycles. The van der Waals surface area contributed by atoms with Crippen LogP contribution in [0.3, 0.4) is 0 Å². The number of aryl methyl sites for hydroxylation is 1. The predicted octanol–water partition coefficient (Wildman–Crippen LogP) is 3.16. The molecule has 2 aliphatic rings. The number of nitrogens with one attached hydrogen (secondary N) is 2. The summed E-state index contributed by atoms with van der Waals surface area (Å²) < 4.78 is 0. The van der Waals surface area contributed by atoms with Crippen molar-refractivity contribution in [3.63, 3.8) is 0 Å². The summed E-state index contributed by atoms with van der Waals surface area (Å²) in [4.78, 5) is 45.4. The molecule has 1 fully saturated rings. The first kappa shape index (κ1) is 27.6. The summed E-state index contributed by atoms with van der Waals surface area (Å²) in [5, 5.41) is 5.79. The molecule has 0 spiro atoms. The fourth-order valence-corrected chi connectivity index (χ4v) is 5.48. The van der Waals surface area contributed by atoms with Crippen molar-refractivity contribution in [2.75, 3.05) is 45.2 Å². The fourth-order valence-electron chi connectivity index (χ4n) is 5.48. The molecule has 0 aliphatic carbocycles. The standard InChI is InChI=1S/C30H41N5O3/c1-30(2)24-12-8-9-13-26(24)35(28(30)37)23-16-19-34(20-17-23)27(36)25(15-14-22-10-6-5-7-11-22)32-29(38)31-18-21-33(3)4/h5-13,23,25H,14-21H2,1-4H3,(H2,31,32,38). The Morgan fingerprint density at radius 2 is 1.68 bits per heavy atom. The summed E-state index contributed by atoms with van der Waals surface area (Å²) in [6, 6.07) is 17.2. The molecule has 1 atom stereocenters. The van der Waals surface area contributed by atoms with E-state index in [0.29, 0.717) is 45.3 Å². The van der Waals surface area contributed by atoms with Gasteiger partial charge in [-0.05, 0) is 70.8 Å². The number of piperidine rings is 1. The maximum absolute atomic E-state index is 13.6. The average molecular weight is 520 g/mol. The zero-order valence-electron chi connectivity index (χ0n) is 23.1. The van der Waals surface area contributed by atoms with Gasteiger partial charge in [-0.3, -0.25) is 9.59 Å². The van der Waals surface area contributed by atoms with Crippen molar-refractivity contribution >= 4 is 23.5 Å². The summed E-state index contributed by atoms with van der Waals surface area (Å²) in [7, 11) is 3.90. The van der Waals surface area contributed by atoms with Crippen LogP contribution in [0.5, 0.6) is 0 Å². The number of benzene rings is 2. The van der Waals surface area contributed by atoms with E-state index in [1.165, 1.54) is 0 Å². The first-order valence-corrected chi connectivity index (χ1v) is 13.6. The number of hydrogen-bond acceptors (Lipinski definition) is 4. The molecule has 2 aromatic carbocycles. The minimum atomic E-state index is -0.612. The summed E-state index contributed by atoms with van der Waals surface area (Å²) in [5.41, 5.74) is 2.64. The first-order valence-electron chi connectivity index (χ1n) is 13.6. The van der Waals surface area contributed by atoms with Crippen LogP contribution in [0.4, 0.5) is 10.5 Å². The zero-order valence-corrected chi connectivity index (χ0v) is 23.1. The number of urea groups is 1. The van der Waals surface area contributed by atoms with Crippen molar-refractivity contribution < 1.29 is 14.4 Å². The van der Waals surface area contributed by atoms with Gasteiger partial charge in [-0.1, -0.05) is 48.5 Å².